The van der Waals surface area contributed by atoms with Gasteiger partial charge < -0.3 is 20.2 Å². The van der Waals surface area contributed by atoms with Crippen LogP contribution < -0.4 is 15.1 Å². The monoisotopic (exact) mass is 549 g/mol. The highest BCUT2D eigenvalue weighted by molar-refractivity contribution is 6.34. The van der Waals surface area contributed by atoms with Crippen LogP contribution in [0.15, 0.2) is 48.5 Å². The third kappa shape index (κ3) is 4.87. The van der Waals surface area contributed by atoms with Gasteiger partial charge in [0.25, 0.3) is 0 Å². The zero-order valence-electron chi connectivity index (χ0n) is 21.9. The smallest absolute Gasteiger partial charge is 0.159 e. The highest BCUT2D eigenvalue weighted by Crippen LogP contribution is 2.42. The predicted octanol–water partition coefficient (Wildman–Crippen LogP) is 5.73. The quantitative estimate of drug-likeness (QED) is 0.320. The molecular formula is C30H30ClF2N5O. The maximum Gasteiger partial charge on any atom is 0.159 e. The van der Waals surface area contributed by atoms with Gasteiger partial charge in [-0.25, -0.2) is 18.7 Å². The normalized spacial score (nSPS) is 18.6. The van der Waals surface area contributed by atoms with Gasteiger partial charge in [-0.3, -0.25) is 0 Å². The van der Waals surface area contributed by atoms with E-state index in [-0.39, 0.29) is 27.4 Å². The van der Waals surface area contributed by atoms with Crippen LogP contribution in [-0.4, -0.2) is 54.3 Å². The first-order valence-corrected chi connectivity index (χ1v) is 13.6. The van der Waals surface area contributed by atoms with Crippen molar-refractivity contribution >= 4 is 34.0 Å². The van der Waals surface area contributed by atoms with Gasteiger partial charge in [0.2, 0.25) is 0 Å². The lowest BCUT2D eigenvalue weighted by Gasteiger charge is -2.34. The van der Waals surface area contributed by atoms with Crippen molar-refractivity contribution in [3.05, 3.63) is 76.6 Å². The molecule has 202 valence electrons. The molecule has 0 saturated carbocycles. The highest BCUT2D eigenvalue weighted by atomic mass is 35.5. The fraction of sp³-hybridized carbons (Fsp3) is 0.333. The van der Waals surface area contributed by atoms with Gasteiger partial charge in [-0.15, -0.1) is 0 Å². The second-order valence-electron chi connectivity index (χ2n) is 10.6. The third-order valence-corrected chi connectivity index (χ3v) is 8.03. The summed E-state index contributed by atoms with van der Waals surface area (Å²) >= 11 is 6.58. The van der Waals surface area contributed by atoms with Crippen LogP contribution in [-0.2, 0) is 12.8 Å². The average Bonchev–Trinajstić information content (AvgIpc) is 3.26. The number of aryl methyl sites for hydroxylation is 2. The van der Waals surface area contributed by atoms with Gasteiger partial charge in [-0.2, -0.15) is 0 Å². The number of phenols is 1. The van der Waals surface area contributed by atoms with Crippen molar-refractivity contribution in [3.8, 4) is 16.9 Å². The Morgan fingerprint density at radius 3 is 2.46 bits per heavy atom. The van der Waals surface area contributed by atoms with Crippen molar-refractivity contribution in [2.24, 2.45) is 0 Å². The van der Waals surface area contributed by atoms with E-state index in [1.165, 1.54) is 18.2 Å². The molecule has 4 aromatic rings. The lowest BCUT2D eigenvalue weighted by molar-refractivity contribution is 0.463. The molecule has 6 nitrogen and oxygen atoms in total. The van der Waals surface area contributed by atoms with Gasteiger partial charge in [0, 0.05) is 62.3 Å². The molecule has 2 N–H and O–H groups in total. The molecule has 2 fully saturated rings. The van der Waals surface area contributed by atoms with Crippen LogP contribution in [0.3, 0.4) is 0 Å². The fourth-order valence-corrected chi connectivity index (χ4v) is 6.07. The van der Waals surface area contributed by atoms with Gasteiger partial charge in [0.15, 0.2) is 5.82 Å². The minimum Gasteiger partial charge on any atom is -0.507 e. The molecule has 0 aliphatic carbocycles. The Labute approximate surface area is 231 Å². The topological polar surface area (TPSA) is 64.5 Å². The third-order valence-electron chi connectivity index (χ3n) is 7.73. The molecule has 2 aliphatic heterocycles. The van der Waals surface area contributed by atoms with Crippen molar-refractivity contribution < 1.29 is 13.9 Å². The van der Waals surface area contributed by atoms with E-state index in [2.05, 4.69) is 27.3 Å². The largest absolute Gasteiger partial charge is 0.507 e. The van der Waals surface area contributed by atoms with Crippen molar-refractivity contribution in [2.75, 3.05) is 37.0 Å². The van der Waals surface area contributed by atoms with Crippen LogP contribution in [0.4, 0.5) is 20.3 Å². The Bertz CT molecular complexity index is 1530. The molecule has 6 rings (SSSR count). The van der Waals surface area contributed by atoms with Crippen LogP contribution in [0, 0.1) is 11.6 Å². The van der Waals surface area contributed by atoms with E-state index in [1.54, 1.807) is 6.07 Å². The number of halogens is 3. The Hall–Kier alpha value is -3.49. The predicted molar refractivity (Wildman–Crippen MR) is 152 cm³/mol. The van der Waals surface area contributed by atoms with Crippen molar-refractivity contribution in [1.29, 1.82) is 0 Å². The molecule has 0 spiro atoms. The van der Waals surface area contributed by atoms with Gasteiger partial charge >= 0.3 is 0 Å². The number of hydrogen-bond acceptors (Lipinski definition) is 6. The number of nitrogens with one attached hydrogen (secondary N) is 1. The molecule has 39 heavy (non-hydrogen) atoms. The molecule has 3 aromatic carbocycles. The van der Waals surface area contributed by atoms with Gasteiger partial charge in [0.1, 0.15) is 28.7 Å². The lowest BCUT2D eigenvalue weighted by Crippen LogP contribution is -2.51. The van der Waals surface area contributed by atoms with Gasteiger partial charge in [0.05, 0.1) is 10.6 Å². The molecule has 0 radical (unpaired) electrons. The number of piperazine rings is 1. The molecule has 2 atom stereocenters. The van der Waals surface area contributed by atoms with Crippen LogP contribution in [0.25, 0.3) is 22.0 Å². The van der Waals surface area contributed by atoms with E-state index in [4.69, 9.17) is 16.6 Å². The van der Waals surface area contributed by atoms with E-state index in [0.717, 1.165) is 37.2 Å². The number of anilines is 2. The summed E-state index contributed by atoms with van der Waals surface area (Å²) in [5.41, 5.74) is 1.82. The van der Waals surface area contributed by atoms with E-state index in [9.17, 15) is 9.50 Å². The van der Waals surface area contributed by atoms with Gasteiger partial charge in [-0.05, 0) is 55.2 Å². The summed E-state index contributed by atoms with van der Waals surface area (Å²) in [6.07, 6.45) is 3.35. The first-order chi connectivity index (χ1) is 18.8. The summed E-state index contributed by atoms with van der Waals surface area (Å²) in [6.45, 7) is 1.50. The summed E-state index contributed by atoms with van der Waals surface area (Å²) < 4.78 is 31.1. The number of rotatable bonds is 6. The second-order valence-corrected chi connectivity index (χ2v) is 11.1. The van der Waals surface area contributed by atoms with E-state index in [0.29, 0.717) is 42.0 Å². The zero-order chi connectivity index (χ0) is 27.3. The maximum atomic E-state index is 16.3. The standard InChI is InChI=1S/C30H30ClF2N5O/c1-37(2)20-6-3-5-17(13-20)9-12-25-35-29-21(30(36-25)38-15-18-10-11-19(16-38)34-18)14-22(31)26(28(29)33)27-23(32)7-4-8-24(27)39/h3-8,13-14,18-19,34,39H,9-12,15-16H2,1-2H3. The number of nitrogens with zero attached hydrogens (tertiary/aromatic N) is 4. The Morgan fingerprint density at radius 1 is 1.00 bits per heavy atom. The molecule has 2 bridgehead atoms. The molecule has 3 heterocycles. The van der Waals surface area contributed by atoms with Gasteiger partial charge in [-0.1, -0.05) is 29.8 Å². The number of aromatic hydroxyl groups is 1. The first-order valence-electron chi connectivity index (χ1n) is 13.2. The molecule has 2 unspecified atom stereocenters. The molecule has 1 aromatic heterocycles. The average molecular weight is 550 g/mol. The molecule has 2 aliphatic rings. The van der Waals surface area contributed by atoms with Crippen LogP contribution in [0.1, 0.15) is 24.2 Å². The minimum absolute atomic E-state index is 0.00314. The van der Waals surface area contributed by atoms with E-state index >= 15 is 4.39 Å². The lowest BCUT2D eigenvalue weighted by atomic mass is 10.0. The molecule has 9 heteroatoms. The highest BCUT2D eigenvalue weighted by Gasteiger charge is 2.34. The number of aromatic nitrogens is 2. The van der Waals surface area contributed by atoms with Crippen molar-refractivity contribution in [1.82, 2.24) is 15.3 Å². The van der Waals surface area contributed by atoms with Crippen LogP contribution in [0.5, 0.6) is 5.75 Å². The zero-order valence-corrected chi connectivity index (χ0v) is 22.6. The summed E-state index contributed by atoms with van der Waals surface area (Å²) in [4.78, 5) is 13.8. The summed E-state index contributed by atoms with van der Waals surface area (Å²) in [7, 11) is 3.99. The Kier molecular flexibility index (Phi) is 6.77. The minimum atomic E-state index is -0.768. The Morgan fingerprint density at radius 2 is 1.74 bits per heavy atom. The van der Waals surface area contributed by atoms with Crippen LogP contribution in [0.2, 0.25) is 5.02 Å². The molecule has 2 saturated heterocycles. The van der Waals surface area contributed by atoms with Crippen LogP contribution >= 0.6 is 11.6 Å². The molecule has 0 amide bonds. The van der Waals surface area contributed by atoms with E-state index in [1.807, 2.05) is 31.1 Å². The first kappa shape index (κ1) is 25.8. The van der Waals surface area contributed by atoms with E-state index < -0.39 is 11.6 Å². The number of fused-ring (bicyclic) bond motifs is 3. The number of benzene rings is 3. The molecular weight excluding hydrogens is 520 g/mol. The fourth-order valence-electron chi connectivity index (χ4n) is 5.78. The second kappa shape index (κ2) is 10.2. The maximum absolute atomic E-state index is 16.3. The number of phenolic OH excluding ortho intramolecular Hbond substituents is 1. The number of hydrogen-bond donors (Lipinski definition) is 2. The van der Waals surface area contributed by atoms with Crippen molar-refractivity contribution in [3.63, 3.8) is 0 Å². The summed E-state index contributed by atoms with van der Waals surface area (Å²) in [5.74, 6) is -0.771. The SMILES string of the molecule is CN(C)c1cccc(CCc2nc(N3CC4CCC(C3)N4)c3cc(Cl)c(-c4c(O)cccc4F)c(F)c3n2)c1. The summed E-state index contributed by atoms with van der Waals surface area (Å²) in [6, 6.07) is 14.4. The Balaban J connectivity index is 1.47. The van der Waals surface area contributed by atoms with Crippen molar-refractivity contribution in [2.45, 2.75) is 37.8 Å². The summed E-state index contributed by atoms with van der Waals surface area (Å²) in [5, 5.41) is 14.5.